The molecule has 3 heterocycles. The van der Waals surface area contributed by atoms with Crippen LogP contribution in [0.15, 0.2) is 29.6 Å². The van der Waals surface area contributed by atoms with Crippen molar-refractivity contribution in [1.29, 1.82) is 0 Å². The van der Waals surface area contributed by atoms with Gasteiger partial charge >= 0.3 is 0 Å². The van der Waals surface area contributed by atoms with Gasteiger partial charge in [0.2, 0.25) is 5.91 Å². The molecule has 1 aliphatic rings. The largest absolute Gasteiger partial charge is 0.358 e. The number of H-pyrrole nitrogens is 1. The summed E-state index contributed by atoms with van der Waals surface area (Å²) in [5.74, 6) is 0.286. The van der Waals surface area contributed by atoms with Crippen molar-refractivity contribution in [3.8, 4) is 11.3 Å². The number of rotatable bonds is 4. The molecule has 5 heteroatoms. The number of carbonyl (C=O) groups excluding carboxylic acids is 1. The summed E-state index contributed by atoms with van der Waals surface area (Å²) in [5.41, 5.74) is 4.53. The molecule has 0 unspecified atom stereocenters. The van der Waals surface area contributed by atoms with E-state index in [4.69, 9.17) is 4.98 Å². The van der Waals surface area contributed by atoms with Gasteiger partial charge in [0.05, 0.1) is 10.7 Å². The second-order valence-electron chi connectivity index (χ2n) is 6.03. The normalized spacial score (nSPS) is 15.0. The molecule has 118 valence electrons. The lowest BCUT2D eigenvalue weighted by Crippen LogP contribution is -2.26. The Morgan fingerprint density at radius 2 is 2.22 bits per heavy atom. The third kappa shape index (κ3) is 2.65. The molecule has 23 heavy (non-hydrogen) atoms. The predicted octanol–water partition coefficient (Wildman–Crippen LogP) is 3.76. The number of hydrogen-bond acceptors (Lipinski definition) is 3. The zero-order valence-electron chi connectivity index (χ0n) is 13.1. The van der Waals surface area contributed by atoms with Crippen LogP contribution >= 0.6 is 11.3 Å². The first-order valence-electron chi connectivity index (χ1n) is 8.02. The van der Waals surface area contributed by atoms with Crippen molar-refractivity contribution in [2.24, 2.45) is 0 Å². The Balaban J connectivity index is 1.57. The molecule has 1 amide bonds. The van der Waals surface area contributed by atoms with Crippen molar-refractivity contribution in [1.82, 2.24) is 14.9 Å². The Labute approximate surface area is 139 Å². The van der Waals surface area contributed by atoms with Gasteiger partial charge in [-0.1, -0.05) is 18.2 Å². The molecule has 0 bridgehead atoms. The van der Waals surface area contributed by atoms with E-state index in [1.165, 1.54) is 10.9 Å². The van der Waals surface area contributed by atoms with Crippen LogP contribution in [0.5, 0.6) is 0 Å². The molecule has 0 aliphatic carbocycles. The average Bonchev–Trinajstić information content (AvgIpc) is 3.23. The first-order chi connectivity index (χ1) is 11.2. The van der Waals surface area contributed by atoms with Crippen LogP contribution in [0.3, 0.4) is 0 Å². The number of hydrogen-bond donors (Lipinski definition) is 1. The quantitative estimate of drug-likeness (QED) is 0.794. The number of aromatic nitrogens is 2. The minimum absolute atomic E-state index is 0.286. The van der Waals surface area contributed by atoms with Gasteiger partial charge < -0.3 is 9.88 Å². The topological polar surface area (TPSA) is 49.0 Å². The zero-order chi connectivity index (χ0) is 15.8. The molecule has 0 spiro atoms. The van der Waals surface area contributed by atoms with E-state index < -0.39 is 0 Å². The smallest absolute Gasteiger partial charge is 0.222 e. The van der Waals surface area contributed by atoms with E-state index in [0.717, 1.165) is 47.8 Å². The van der Waals surface area contributed by atoms with E-state index in [1.54, 1.807) is 11.3 Å². The van der Waals surface area contributed by atoms with Crippen molar-refractivity contribution in [3.05, 3.63) is 40.3 Å². The zero-order valence-corrected chi connectivity index (χ0v) is 13.9. The summed E-state index contributed by atoms with van der Waals surface area (Å²) in [5, 5.41) is 4.45. The SMILES string of the molecule is Cc1[nH]c2ccccc2c1-c1csc(CCN2CCCC2=O)n1. The third-order valence-corrected chi connectivity index (χ3v) is 5.38. The first-order valence-corrected chi connectivity index (χ1v) is 8.90. The van der Waals surface area contributed by atoms with Crippen LogP contribution in [0.1, 0.15) is 23.5 Å². The van der Waals surface area contributed by atoms with Gasteiger partial charge in [-0.3, -0.25) is 4.79 Å². The fraction of sp³-hybridized carbons (Fsp3) is 0.333. The maximum Gasteiger partial charge on any atom is 0.222 e. The van der Waals surface area contributed by atoms with Gasteiger partial charge in [-0.25, -0.2) is 4.98 Å². The summed E-state index contributed by atoms with van der Waals surface area (Å²) in [6, 6.07) is 8.33. The molecular formula is C18H19N3OS. The highest BCUT2D eigenvalue weighted by Gasteiger charge is 2.20. The molecule has 4 nitrogen and oxygen atoms in total. The number of amides is 1. The highest BCUT2D eigenvalue weighted by atomic mass is 32.1. The van der Waals surface area contributed by atoms with Crippen molar-refractivity contribution < 1.29 is 4.79 Å². The molecule has 2 aromatic heterocycles. The number of nitrogens with one attached hydrogen (secondary N) is 1. The summed E-state index contributed by atoms with van der Waals surface area (Å²) in [4.78, 5) is 21.9. The summed E-state index contributed by atoms with van der Waals surface area (Å²) < 4.78 is 0. The molecular weight excluding hydrogens is 306 g/mol. The Morgan fingerprint density at radius 3 is 3.04 bits per heavy atom. The average molecular weight is 325 g/mol. The standard InChI is InChI=1S/C18H19N3OS/c1-12-18(13-5-2-3-6-14(13)19-12)15-11-23-16(20-15)8-10-21-9-4-7-17(21)22/h2-3,5-6,11,19H,4,7-10H2,1H3. The van der Waals surface area contributed by atoms with E-state index in [9.17, 15) is 4.79 Å². The maximum atomic E-state index is 11.7. The number of aryl methyl sites for hydroxylation is 1. The van der Waals surface area contributed by atoms with Crippen LogP contribution in [-0.4, -0.2) is 33.9 Å². The van der Waals surface area contributed by atoms with E-state index in [2.05, 4.69) is 35.5 Å². The Morgan fingerprint density at radius 1 is 1.35 bits per heavy atom. The van der Waals surface area contributed by atoms with Crippen LogP contribution in [0, 0.1) is 6.92 Å². The number of likely N-dealkylation sites (tertiary alicyclic amines) is 1. The van der Waals surface area contributed by atoms with E-state index in [-0.39, 0.29) is 5.91 Å². The number of nitrogens with zero attached hydrogens (tertiary/aromatic N) is 2. The van der Waals surface area contributed by atoms with Crippen LogP contribution in [0.4, 0.5) is 0 Å². The molecule has 1 aliphatic heterocycles. The van der Waals surface area contributed by atoms with Crippen molar-refractivity contribution >= 4 is 28.1 Å². The van der Waals surface area contributed by atoms with Crippen LogP contribution in [0.2, 0.25) is 0 Å². The monoisotopic (exact) mass is 325 g/mol. The van der Waals surface area contributed by atoms with Crippen LogP contribution in [0.25, 0.3) is 22.2 Å². The minimum Gasteiger partial charge on any atom is -0.358 e. The summed E-state index contributed by atoms with van der Waals surface area (Å²) in [7, 11) is 0. The summed E-state index contributed by atoms with van der Waals surface area (Å²) in [6.45, 7) is 3.79. The van der Waals surface area contributed by atoms with E-state index >= 15 is 0 Å². The summed E-state index contributed by atoms with van der Waals surface area (Å²) >= 11 is 1.69. The molecule has 3 aromatic rings. The Kier molecular flexibility index (Phi) is 3.65. The molecule has 1 aromatic carbocycles. The van der Waals surface area contributed by atoms with Gasteiger partial charge in [0.15, 0.2) is 0 Å². The Bertz CT molecular complexity index is 864. The van der Waals surface area contributed by atoms with E-state index in [0.29, 0.717) is 6.42 Å². The number of aromatic amines is 1. The number of benzene rings is 1. The molecule has 1 fully saturated rings. The number of thiazole rings is 1. The van der Waals surface area contributed by atoms with E-state index in [1.807, 2.05) is 11.0 Å². The maximum absolute atomic E-state index is 11.7. The number of carbonyl (C=O) groups is 1. The second-order valence-corrected chi connectivity index (χ2v) is 6.97. The molecule has 0 atom stereocenters. The van der Waals surface area contributed by atoms with Gasteiger partial charge in [-0.2, -0.15) is 0 Å². The van der Waals surface area contributed by atoms with Gasteiger partial charge in [0.25, 0.3) is 0 Å². The van der Waals surface area contributed by atoms with Gasteiger partial charge in [-0.15, -0.1) is 11.3 Å². The minimum atomic E-state index is 0.286. The molecule has 0 radical (unpaired) electrons. The van der Waals surface area contributed by atoms with Crippen molar-refractivity contribution in [3.63, 3.8) is 0 Å². The molecule has 0 saturated carbocycles. The van der Waals surface area contributed by atoms with Crippen molar-refractivity contribution in [2.75, 3.05) is 13.1 Å². The van der Waals surface area contributed by atoms with Crippen molar-refractivity contribution in [2.45, 2.75) is 26.2 Å². The number of fused-ring (bicyclic) bond motifs is 1. The summed E-state index contributed by atoms with van der Waals surface area (Å²) in [6.07, 6.45) is 2.55. The lowest BCUT2D eigenvalue weighted by Gasteiger charge is -2.13. The molecule has 1 saturated heterocycles. The van der Waals surface area contributed by atoms with Gasteiger partial charge in [-0.05, 0) is 19.4 Å². The lowest BCUT2D eigenvalue weighted by molar-refractivity contribution is -0.127. The van der Waals surface area contributed by atoms with Gasteiger partial charge in [0.1, 0.15) is 0 Å². The van der Waals surface area contributed by atoms with Crippen LogP contribution in [-0.2, 0) is 11.2 Å². The lowest BCUT2D eigenvalue weighted by atomic mass is 10.1. The van der Waals surface area contributed by atoms with Crippen LogP contribution < -0.4 is 0 Å². The highest BCUT2D eigenvalue weighted by molar-refractivity contribution is 7.10. The Hall–Kier alpha value is -2.14. The first kappa shape index (κ1) is 14.5. The fourth-order valence-electron chi connectivity index (χ4n) is 3.32. The molecule has 1 N–H and O–H groups in total. The highest BCUT2D eigenvalue weighted by Crippen LogP contribution is 2.32. The fourth-order valence-corrected chi connectivity index (χ4v) is 4.10. The molecule has 4 rings (SSSR count). The van der Waals surface area contributed by atoms with Gasteiger partial charge in [0, 0.05) is 53.5 Å². The predicted molar refractivity (Wildman–Crippen MR) is 93.7 cm³/mol. The third-order valence-electron chi connectivity index (χ3n) is 4.47. The number of para-hydroxylation sites is 1. The second kappa shape index (κ2) is 5.81.